The number of ether oxygens (including phenoxy) is 3. The van der Waals surface area contributed by atoms with Crippen LogP contribution in [0.4, 0.5) is 5.69 Å². The van der Waals surface area contributed by atoms with Crippen LogP contribution >= 0.6 is 0 Å². The molecule has 2 aromatic rings. The minimum atomic E-state index is -0.508. The summed E-state index contributed by atoms with van der Waals surface area (Å²) < 4.78 is 15.4. The molecule has 0 atom stereocenters. The number of likely N-dealkylation sites (N-methyl/N-ethyl adjacent to an activating group) is 1. The summed E-state index contributed by atoms with van der Waals surface area (Å²) in [5.41, 5.74) is 2.05. The van der Waals surface area contributed by atoms with E-state index in [1.54, 1.807) is 0 Å². The van der Waals surface area contributed by atoms with Gasteiger partial charge in [0.05, 0.1) is 26.3 Å². The minimum Gasteiger partial charge on any atom is -0.493 e. The SMILES string of the molecule is CCc1ccccc1NC(=O)CN(C)C(=O)COc1ccc(C(=O)OC)cc1OC. The number of para-hydroxylation sites is 1. The van der Waals surface area contributed by atoms with E-state index >= 15 is 0 Å². The molecule has 0 aliphatic rings. The molecule has 0 saturated heterocycles. The summed E-state index contributed by atoms with van der Waals surface area (Å²) in [6.07, 6.45) is 0.787. The van der Waals surface area contributed by atoms with Gasteiger partial charge in [0.1, 0.15) is 0 Å². The van der Waals surface area contributed by atoms with E-state index in [-0.39, 0.29) is 25.0 Å². The zero-order valence-corrected chi connectivity index (χ0v) is 17.6. The molecule has 0 spiro atoms. The number of rotatable bonds is 9. The van der Waals surface area contributed by atoms with Gasteiger partial charge in [-0.25, -0.2) is 4.79 Å². The maximum atomic E-state index is 12.4. The largest absolute Gasteiger partial charge is 0.493 e. The van der Waals surface area contributed by atoms with Gasteiger partial charge in [-0.2, -0.15) is 0 Å². The molecule has 30 heavy (non-hydrogen) atoms. The van der Waals surface area contributed by atoms with Crippen LogP contribution in [0.3, 0.4) is 0 Å². The Kier molecular flexibility index (Phi) is 8.22. The number of carbonyl (C=O) groups excluding carboxylic acids is 3. The van der Waals surface area contributed by atoms with Gasteiger partial charge >= 0.3 is 5.97 Å². The lowest BCUT2D eigenvalue weighted by Crippen LogP contribution is -2.37. The molecule has 2 aromatic carbocycles. The van der Waals surface area contributed by atoms with E-state index in [1.807, 2.05) is 31.2 Å². The number of hydrogen-bond donors (Lipinski definition) is 1. The second kappa shape index (κ2) is 10.8. The van der Waals surface area contributed by atoms with Crippen LogP contribution < -0.4 is 14.8 Å². The summed E-state index contributed by atoms with van der Waals surface area (Å²) >= 11 is 0. The first kappa shape index (κ1) is 22.7. The smallest absolute Gasteiger partial charge is 0.337 e. The van der Waals surface area contributed by atoms with Crippen molar-refractivity contribution in [3.05, 3.63) is 53.6 Å². The number of hydrogen-bond acceptors (Lipinski definition) is 6. The number of anilines is 1. The number of aryl methyl sites for hydroxylation is 1. The first-order valence-corrected chi connectivity index (χ1v) is 9.40. The molecule has 0 radical (unpaired) electrons. The number of esters is 1. The third-order valence-electron chi connectivity index (χ3n) is 4.41. The highest BCUT2D eigenvalue weighted by atomic mass is 16.5. The molecular weight excluding hydrogens is 388 g/mol. The Labute approximate surface area is 175 Å². The Morgan fingerprint density at radius 2 is 1.77 bits per heavy atom. The maximum Gasteiger partial charge on any atom is 0.337 e. The minimum absolute atomic E-state index is 0.112. The van der Waals surface area contributed by atoms with Crippen LogP contribution in [0.25, 0.3) is 0 Å². The van der Waals surface area contributed by atoms with E-state index in [2.05, 4.69) is 10.1 Å². The topological polar surface area (TPSA) is 94.2 Å². The molecule has 160 valence electrons. The molecule has 8 nitrogen and oxygen atoms in total. The molecule has 0 saturated carbocycles. The average molecular weight is 414 g/mol. The quantitative estimate of drug-likeness (QED) is 0.634. The molecule has 0 aromatic heterocycles. The van der Waals surface area contributed by atoms with Crippen LogP contribution in [0, 0.1) is 0 Å². The molecule has 0 fully saturated rings. The molecule has 0 bridgehead atoms. The second-order valence-corrected chi connectivity index (χ2v) is 6.45. The van der Waals surface area contributed by atoms with Crippen molar-refractivity contribution < 1.29 is 28.6 Å². The number of carbonyl (C=O) groups is 3. The van der Waals surface area contributed by atoms with E-state index < -0.39 is 5.97 Å². The number of methoxy groups -OCH3 is 2. The summed E-state index contributed by atoms with van der Waals surface area (Å²) in [4.78, 5) is 37.5. The zero-order valence-electron chi connectivity index (χ0n) is 17.6. The van der Waals surface area contributed by atoms with Gasteiger partial charge < -0.3 is 24.4 Å². The lowest BCUT2D eigenvalue weighted by Gasteiger charge is -2.18. The Balaban J connectivity index is 1.93. The van der Waals surface area contributed by atoms with Gasteiger partial charge in [-0.05, 0) is 36.2 Å². The van der Waals surface area contributed by atoms with Crippen molar-refractivity contribution in [3.63, 3.8) is 0 Å². The van der Waals surface area contributed by atoms with Crippen LogP contribution in [0.1, 0.15) is 22.8 Å². The van der Waals surface area contributed by atoms with Crippen LogP contribution in [-0.4, -0.2) is 57.1 Å². The van der Waals surface area contributed by atoms with Crippen molar-refractivity contribution in [2.45, 2.75) is 13.3 Å². The predicted octanol–water partition coefficient (Wildman–Crippen LogP) is 2.52. The van der Waals surface area contributed by atoms with Crippen molar-refractivity contribution in [1.82, 2.24) is 4.90 Å². The molecule has 2 amide bonds. The van der Waals surface area contributed by atoms with Gasteiger partial charge in [-0.3, -0.25) is 9.59 Å². The summed E-state index contributed by atoms with van der Waals surface area (Å²) in [7, 11) is 4.23. The van der Waals surface area contributed by atoms with Crippen LogP contribution in [0.2, 0.25) is 0 Å². The molecular formula is C22H26N2O6. The van der Waals surface area contributed by atoms with Crippen molar-refractivity contribution >= 4 is 23.5 Å². The Hall–Kier alpha value is -3.55. The van der Waals surface area contributed by atoms with Crippen LogP contribution in [0.5, 0.6) is 11.5 Å². The Morgan fingerprint density at radius 1 is 1.03 bits per heavy atom. The van der Waals surface area contributed by atoms with Crippen molar-refractivity contribution in [2.75, 3.05) is 39.7 Å². The fraction of sp³-hybridized carbons (Fsp3) is 0.318. The maximum absolute atomic E-state index is 12.4. The predicted molar refractivity (Wildman–Crippen MR) is 112 cm³/mol. The number of nitrogens with zero attached hydrogens (tertiary/aromatic N) is 1. The average Bonchev–Trinajstić information content (AvgIpc) is 2.76. The highest BCUT2D eigenvalue weighted by molar-refractivity contribution is 5.95. The molecule has 8 heteroatoms. The van der Waals surface area contributed by atoms with E-state index in [9.17, 15) is 14.4 Å². The van der Waals surface area contributed by atoms with Gasteiger partial charge in [0, 0.05) is 12.7 Å². The zero-order chi connectivity index (χ0) is 22.1. The van der Waals surface area contributed by atoms with Crippen LogP contribution in [-0.2, 0) is 20.7 Å². The van der Waals surface area contributed by atoms with E-state index in [1.165, 1.54) is 44.4 Å². The summed E-state index contributed by atoms with van der Waals surface area (Å²) in [6, 6.07) is 12.0. The van der Waals surface area contributed by atoms with E-state index in [4.69, 9.17) is 9.47 Å². The van der Waals surface area contributed by atoms with Crippen molar-refractivity contribution in [2.24, 2.45) is 0 Å². The summed E-state index contributed by atoms with van der Waals surface area (Å²) in [6.45, 7) is 1.60. The van der Waals surface area contributed by atoms with Crippen LogP contribution in [0.15, 0.2) is 42.5 Å². The number of nitrogens with one attached hydrogen (secondary N) is 1. The third-order valence-corrected chi connectivity index (χ3v) is 4.41. The first-order chi connectivity index (χ1) is 14.4. The summed E-state index contributed by atoms with van der Waals surface area (Å²) in [5.74, 6) is -0.596. The molecule has 2 rings (SSSR count). The van der Waals surface area contributed by atoms with E-state index in [0.717, 1.165) is 17.7 Å². The molecule has 0 heterocycles. The lowest BCUT2D eigenvalue weighted by molar-refractivity contribution is -0.135. The van der Waals surface area contributed by atoms with Gasteiger partial charge in [-0.1, -0.05) is 25.1 Å². The highest BCUT2D eigenvalue weighted by Gasteiger charge is 2.17. The van der Waals surface area contributed by atoms with E-state index in [0.29, 0.717) is 17.1 Å². The highest BCUT2D eigenvalue weighted by Crippen LogP contribution is 2.28. The fourth-order valence-electron chi connectivity index (χ4n) is 2.73. The monoisotopic (exact) mass is 414 g/mol. The lowest BCUT2D eigenvalue weighted by atomic mass is 10.1. The number of amides is 2. The Bertz CT molecular complexity index is 912. The first-order valence-electron chi connectivity index (χ1n) is 9.40. The summed E-state index contributed by atoms with van der Waals surface area (Å²) in [5, 5.41) is 2.82. The van der Waals surface area contributed by atoms with Crippen molar-refractivity contribution in [3.8, 4) is 11.5 Å². The van der Waals surface area contributed by atoms with Gasteiger partial charge in [0.2, 0.25) is 5.91 Å². The molecule has 0 aliphatic heterocycles. The second-order valence-electron chi connectivity index (χ2n) is 6.45. The standard InChI is InChI=1S/C22H26N2O6/c1-5-15-8-6-7-9-17(15)23-20(25)13-24(2)21(26)14-30-18-11-10-16(22(27)29-4)12-19(18)28-3/h6-12H,5,13-14H2,1-4H3,(H,23,25). The third kappa shape index (κ3) is 5.97. The van der Waals surface area contributed by atoms with Gasteiger partial charge in [-0.15, -0.1) is 0 Å². The molecule has 0 unspecified atom stereocenters. The normalized spacial score (nSPS) is 10.1. The fourth-order valence-corrected chi connectivity index (χ4v) is 2.73. The molecule has 1 N–H and O–H groups in total. The van der Waals surface area contributed by atoms with Crippen molar-refractivity contribution in [1.29, 1.82) is 0 Å². The Morgan fingerprint density at radius 3 is 2.43 bits per heavy atom. The number of benzene rings is 2. The molecule has 0 aliphatic carbocycles. The van der Waals surface area contributed by atoms with Gasteiger partial charge in [0.25, 0.3) is 5.91 Å². The van der Waals surface area contributed by atoms with Gasteiger partial charge in [0.15, 0.2) is 18.1 Å².